The zero-order valence-corrected chi connectivity index (χ0v) is 5.62. The topological polar surface area (TPSA) is 26.0 Å². The Morgan fingerprint density at radius 1 is 1.67 bits per heavy atom. The van der Waals surface area contributed by atoms with Crippen LogP contribution in [0.1, 0.15) is 20.3 Å². The van der Waals surface area contributed by atoms with Crippen LogP contribution in [0.4, 0.5) is 8.78 Å². The molecule has 0 fully saturated rings. The predicted octanol–water partition coefficient (Wildman–Crippen LogP) is 1.89. The number of rotatable bonds is 2. The first kappa shape index (κ1) is 8.40. The van der Waals surface area contributed by atoms with E-state index in [1.54, 1.807) is 6.92 Å². The molecule has 0 saturated heterocycles. The molecule has 0 aromatic carbocycles. The van der Waals surface area contributed by atoms with Crippen molar-refractivity contribution in [2.45, 2.75) is 26.2 Å². The molecule has 0 aliphatic rings. The highest BCUT2D eigenvalue weighted by Gasteiger charge is 2.24. The number of hydrogen-bond donors (Lipinski definition) is 1. The van der Waals surface area contributed by atoms with Gasteiger partial charge in [0, 0.05) is 12.5 Å². The summed E-state index contributed by atoms with van der Waals surface area (Å²) >= 11 is 0. The Morgan fingerprint density at radius 3 is 2.11 bits per heavy atom. The second-order valence-corrected chi connectivity index (χ2v) is 1.93. The third kappa shape index (κ3) is 2.44. The van der Waals surface area contributed by atoms with Gasteiger partial charge in [-0.3, -0.25) is 0 Å². The molecule has 0 atom stereocenters. The second-order valence-electron chi connectivity index (χ2n) is 1.93. The van der Waals surface area contributed by atoms with E-state index < -0.39 is 5.92 Å². The SMILES string of the molecule is CC/C(=C\N)C(C)(F)F. The highest BCUT2D eigenvalue weighted by Crippen LogP contribution is 2.24. The number of hydrogen-bond acceptors (Lipinski definition) is 1. The van der Waals surface area contributed by atoms with Crippen LogP contribution < -0.4 is 5.73 Å². The molecule has 0 aromatic heterocycles. The summed E-state index contributed by atoms with van der Waals surface area (Å²) in [5, 5.41) is 0. The first-order chi connectivity index (χ1) is 4.02. The molecule has 0 unspecified atom stereocenters. The molecular weight excluding hydrogens is 124 g/mol. The van der Waals surface area contributed by atoms with Gasteiger partial charge in [0.1, 0.15) is 0 Å². The summed E-state index contributed by atoms with van der Waals surface area (Å²) in [6.45, 7) is 2.49. The lowest BCUT2D eigenvalue weighted by Crippen LogP contribution is -2.14. The Kier molecular flexibility index (Phi) is 2.62. The van der Waals surface area contributed by atoms with E-state index in [2.05, 4.69) is 0 Å². The van der Waals surface area contributed by atoms with Gasteiger partial charge in [-0.25, -0.2) is 8.78 Å². The molecule has 9 heavy (non-hydrogen) atoms. The van der Waals surface area contributed by atoms with Crippen molar-refractivity contribution in [1.82, 2.24) is 0 Å². The van der Waals surface area contributed by atoms with Crippen LogP contribution in [0, 0.1) is 0 Å². The van der Waals surface area contributed by atoms with Crippen molar-refractivity contribution < 1.29 is 8.78 Å². The quantitative estimate of drug-likeness (QED) is 0.614. The van der Waals surface area contributed by atoms with Gasteiger partial charge in [0.25, 0.3) is 5.92 Å². The largest absolute Gasteiger partial charge is 0.404 e. The van der Waals surface area contributed by atoms with Gasteiger partial charge in [0.15, 0.2) is 0 Å². The summed E-state index contributed by atoms with van der Waals surface area (Å²) in [7, 11) is 0. The van der Waals surface area contributed by atoms with Gasteiger partial charge in [0.05, 0.1) is 0 Å². The van der Waals surface area contributed by atoms with Crippen molar-refractivity contribution in [3.63, 3.8) is 0 Å². The van der Waals surface area contributed by atoms with Crippen molar-refractivity contribution in [3.8, 4) is 0 Å². The van der Waals surface area contributed by atoms with Crippen LogP contribution in [0.5, 0.6) is 0 Å². The van der Waals surface area contributed by atoms with E-state index in [0.717, 1.165) is 13.1 Å². The van der Waals surface area contributed by atoms with Crippen LogP contribution in [0.15, 0.2) is 11.8 Å². The number of alkyl halides is 2. The van der Waals surface area contributed by atoms with Gasteiger partial charge in [-0.2, -0.15) is 0 Å². The molecule has 0 radical (unpaired) electrons. The molecular formula is C6H11F2N. The summed E-state index contributed by atoms with van der Waals surface area (Å²) < 4.78 is 24.5. The minimum absolute atomic E-state index is 0.0116. The van der Waals surface area contributed by atoms with E-state index in [0.29, 0.717) is 6.42 Å². The van der Waals surface area contributed by atoms with E-state index in [1.165, 1.54) is 0 Å². The predicted molar refractivity (Wildman–Crippen MR) is 33.2 cm³/mol. The highest BCUT2D eigenvalue weighted by atomic mass is 19.3. The van der Waals surface area contributed by atoms with Gasteiger partial charge in [-0.05, 0) is 12.6 Å². The monoisotopic (exact) mass is 135 g/mol. The van der Waals surface area contributed by atoms with Gasteiger partial charge in [-0.15, -0.1) is 0 Å². The summed E-state index contributed by atoms with van der Waals surface area (Å²) in [6, 6.07) is 0. The molecule has 0 aliphatic heterocycles. The van der Waals surface area contributed by atoms with Gasteiger partial charge in [-0.1, -0.05) is 6.92 Å². The molecule has 0 aliphatic carbocycles. The molecule has 54 valence electrons. The van der Waals surface area contributed by atoms with Crippen LogP contribution in [-0.4, -0.2) is 5.92 Å². The van der Waals surface area contributed by atoms with Crippen molar-refractivity contribution >= 4 is 0 Å². The minimum Gasteiger partial charge on any atom is -0.404 e. The molecule has 3 heteroatoms. The summed E-state index contributed by atoms with van der Waals surface area (Å²) in [4.78, 5) is 0. The van der Waals surface area contributed by atoms with E-state index in [1.807, 2.05) is 0 Å². The first-order valence-corrected chi connectivity index (χ1v) is 2.81. The molecule has 0 rings (SSSR count). The van der Waals surface area contributed by atoms with Crippen LogP contribution in [0.25, 0.3) is 0 Å². The fraction of sp³-hybridized carbons (Fsp3) is 0.667. The average Bonchev–Trinajstić information content (AvgIpc) is 1.65. The first-order valence-electron chi connectivity index (χ1n) is 2.81. The Hall–Kier alpha value is -0.600. The zero-order valence-electron chi connectivity index (χ0n) is 5.62. The number of nitrogens with two attached hydrogens (primary N) is 1. The number of halogens is 2. The van der Waals surface area contributed by atoms with Gasteiger partial charge >= 0.3 is 0 Å². The molecule has 2 N–H and O–H groups in total. The average molecular weight is 135 g/mol. The Bertz CT molecular complexity index is 113. The smallest absolute Gasteiger partial charge is 0.268 e. The van der Waals surface area contributed by atoms with Crippen LogP contribution in [0.3, 0.4) is 0 Å². The molecule has 0 saturated carbocycles. The normalized spacial score (nSPS) is 14.0. The Labute approximate surface area is 53.5 Å². The summed E-state index contributed by atoms with van der Waals surface area (Å²) in [5.41, 5.74) is 4.92. The fourth-order valence-electron chi connectivity index (χ4n) is 0.575. The lowest BCUT2D eigenvalue weighted by Gasteiger charge is -2.11. The molecule has 0 aromatic rings. The van der Waals surface area contributed by atoms with Gasteiger partial charge < -0.3 is 5.73 Å². The van der Waals surface area contributed by atoms with Crippen molar-refractivity contribution in [3.05, 3.63) is 11.8 Å². The minimum atomic E-state index is -2.75. The summed E-state index contributed by atoms with van der Waals surface area (Å²) in [6.07, 6.45) is 1.28. The maximum absolute atomic E-state index is 12.2. The van der Waals surface area contributed by atoms with E-state index in [4.69, 9.17) is 5.73 Å². The van der Waals surface area contributed by atoms with Crippen molar-refractivity contribution in [2.24, 2.45) is 5.73 Å². The third-order valence-electron chi connectivity index (χ3n) is 1.15. The molecule has 1 nitrogen and oxygen atoms in total. The van der Waals surface area contributed by atoms with E-state index in [9.17, 15) is 8.78 Å². The molecule has 0 amide bonds. The maximum atomic E-state index is 12.2. The molecule has 0 heterocycles. The number of allylic oxidation sites excluding steroid dienone is 1. The lowest BCUT2D eigenvalue weighted by molar-refractivity contribution is 0.0600. The lowest BCUT2D eigenvalue weighted by atomic mass is 10.1. The van der Waals surface area contributed by atoms with Gasteiger partial charge in [0.2, 0.25) is 0 Å². The zero-order chi connectivity index (χ0) is 7.49. The molecule has 0 bridgehead atoms. The standard InChI is InChI=1S/C6H11F2N/c1-3-5(4-9)6(2,7)8/h4H,3,9H2,1-2H3/b5-4+. The third-order valence-corrected chi connectivity index (χ3v) is 1.15. The maximum Gasteiger partial charge on any atom is 0.268 e. The summed E-state index contributed by atoms with van der Waals surface area (Å²) in [5.74, 6) is -2.75. The van der Waals surface area contributed by atoms with Crippen LogP contribution >= 0.6 is 0 Å². The van der Waals surface area contributed by atoms with Crippen molar-refractivity contribution in [2.75, 3.05) is 0 Å². The van der Waals surface area contributed by atoms with E-state index in [-0.39, 0.29) is 5.57 Å². The Morgan fingerprint density at radius 2 is 2.11 bits per heavy atom. The molecule has 0 spiro atoms. The second kappa shape index (κ2) is 2.80. The fourth-order valence-corrected chi connectivity index (χ4v) is 0.575. The van der Waals surface area contributed by atoms with Crippen LogP contribution in [0.2, 0.25) is 0 Å². The van der Waals surface area contributed by atoms with Crippen LogP contribution in [-0.2, 0) is 0 Å². The Balaban J connectivity index is 4.14. The highest BCUT2D eigenvalue weighted by molar-refractivity contribution is 5.08. The van der Waals surface area contributed by atoms with Crippen molar-refractivity contribution in [1.29, 1.82) is 0 Å². The van der Waals surface area contributed by atoms with E-state index >= 15 is 0 Å².